The number of amides is 1. The molecule has 3 heterocycles. The number of piperazine rings is 1. The third-order valence-electron chi connectivity index (χ3n) is 7.93. The number of hydrogen-bond donors (Lipinski definition) is 0. The molecule has 0 spiro atoms. The Balaban J connectivity index is 1.09. The molecule has 212 valence electrons. The fourth-order valence-electron chi connectivity index (χ4n) is 5.79. The first-order valence-corrected chi connectivity index (χ1v) is 15.6. The van der Waals surface area contributed by atoms with Crippen LogP contribution in [0.25, 0.3) is 10.9 Å². The Bertz CT molecular complexity index is 1640. The molecule has 6 rings (SSSR count). The lowest BCUT2D eigenvalue weighted by molar-refractivity contribution is -0.137. The number of fused-ring (bicyclic) bond motifs is 1. The molecule has 1 atom stereocenters. The number of carbonyl (C=O) groups is 1. The van der Waals surface area contributed by atoms with Gasteiger partial charge < -0.3 is 14.5 Å². The van der Waals surface area contributed by atoms with Crippen molar-refractivity contribution in [2.24, 2.45) is 5.92 Å². The highest BCUT2D eigenvalue weighted by molar-refractivity contribution is 7.89. The highest BCUT2D eigenvalue weighted by Gasteiger charge is 2.36. The number of carbonyl (C=O) groups excluding carboxylic acids is 1. The van der Waals surface area contributed by atoms with Crippen molar-refractivity contribution in [2.75, 3.05) is 44.2 Å². The van der Waals surface area contributed by atoms with Crippen molar-refractivity contribution in [3.8, 4) is 11.5 Å². The number of piperidine rings is 1. The summed E-state index contributed by atoms with van der Waals surface area (Å²) < 4.78 is 34.2. The molecule has 4 aromatic rings. The summed E-state index contributed by atoms with van der Waals surface area (Å²) in [4.78, 5) is 22.6. The molecule has 0 bridgehead atoms. The van der Waals surface area contributed by atoms with Crippen molar-refractivity contribution >= 4 is 32.5 Å². The molecular formula is C32H34N4O4S. The summed E-state index contributed by atoms with van der Waals surface area (Å²) in [6.07, 6.45) is 1.36. The van der Waals surface area contributed by atoms with Gasteiger partial charge in [0, 0.05) is 56.0 Å². The average Bonchev–Trinajstić information content (AvgIpc) is 3.01. The number of pyridine rings is 1. The van der Waals surface area contributed by atoms with Crippen LogP contribution in [-0.2, 0) is 14.8 Å². The maximum absolute atomic E-state index is 13.5. The zero-order valence-corrected chi connectivity index (χ0v) is 24.0. The van der Waals surface area contributed by atoms with Crippen LogP contribution in [0.1, 0.15) is 18.5 Å². The normalized spacial score (nSPS) is 18.4. The van der Waals surface area contributed by atoms with E-state index in [1.54, 1.807) is 24.3 Å². The van der Waals surface area contributed by atoms with Crippen LogP contribution in [0.4, 0.5) is 5.69 Å². The summed E-state index contributed by atoms with van der Waals surface area (Å²) in [6.45, 7) is 5.30. The smallest absolute Gasteiger partial charge is 0.243 e. The monoisotopic (exact) mass is 570 g/mol. The first kappa shape index (κ1) is 27.2. The quantitative estimate of drug-likeness (QED) is 0.321. The van der Waals surface area contributed by atoms with Crippen molar-refractivity contribution < 1.29 is 17.9 Å². The molecular weight excluding hydrogens is 536 g/mol. The number of anilines is 1. The van der Waals surface area contributed by atoms with Crippen LogP contribution in [0.5, 0.6) is 11.5 Å². The van der Waals surface area contributed by atoms with Crippen LogP contribution in [-0.4, -0.2) is 67.8 Å². The Hall–Kier alpha value is -3.95. The molecule has 2 aliphatic heterocycles. The Morgan fingerprint density at radius 1 is 0.854 bits per heavy atom. The molecule has 1 unspecified atom stereocenters. The van der Waals surface area contributed by atoms with E-state index in [0.29, 0.717) is 44.0 Å². The molecule has 0 N–H and O–H groups in total. The first-order valence-electron chi connectivity index (χ1n) is 14.1. The zero-order chi connectivity index (χ0) is 28.4. The van der Waals surface area contributed by atoms with Gasteiger partial charge in [-0.3, -0.25) is 9.78 Å². The minimum absolute atomic E-state index is 0.0481. The van der Waals surface area contributed by atoms with Gasteiger partial charge in [-0.15, -0.1) is 0 Å². The fraction of sp³-hybridized carbons (Fsp3) is 0.312. The zero-order valence-electron chi connectivity index (χ0n) is 23.1. The van der Waals surface area contributed by atoms with Gasteiger partial charge in [-0.05, 0) is 68.3 Å². The van der Waals surface area contributed by atoms with E-state index in [0.717, 1.165) is 35.4 Å². The van der Waals surface area contributed by atoms with Crippen LogP contribution in [0.15, 0.2) is 89.8 Å². The summed E-state index contributed by atoms with van der Waals surface area (Å²) in [5, 5.41) is 1.12. The van der Waals surface area contributed by atoms with E-state index in [1.165, 1.54) is 4.31 Å². The standard InChI is InChI=1S/C32H34N4O4S/c1-24-22-31(29-11-5-6-12-30(29)33-24)34-18-20-35(21-19-34)32(37)25-8-7-17-36(23-25)41(38,39)28-15-13-27(14-16-28)40-26-9-3-2-4-10-26/h2-6,9-16,22,25H,7-8,17-21,23H2,1H3. The van der Waals surface area contributed by atoms with Gasteiger partial charge in [0.25, 0.3) is 0 Å². The molecule has 0 aliphatic carbocycles. The largest absolute Gasteiger partial charge is 0.457 e. The Labute approximate surface area is 241 Å². The van der Waals surface area contributed by atoms with Gasteiger partial charge in [0.2, 0.25) is 15.9 Å². The van der Waals surface area contributed by atoms with Gasteiger partial charge in [0.1, 0.15) is 11.5 Å². The summed E-state index contributed by atoms with van der Waals surface area (Å²) in [5.74, 6) is 0.961. The number of hydrogen-bond acceptors (Lipinski definition) is 6. The number of sulfonamides is 1. The Kier molecular flexibility index (Phi) is 7.64. The highest BCUT2D eigenvalue weighted by Crippen LogP contribution is 2.30. The summed E-state index contributed by atoms with van der Waals surface area (Å²) in [5.41, 5.74) is 3.09. The van der Waals surface area contributed by atoms with E-state index in [-0.39, 0.29) is 23.3 Å². The first-order chi connectivity index (χ1) is 19.9. The van der Waals surface area contributed by atoms with Gasteiger partial charge in [0.15, 0.2) is 0 Å². The summed E-state index contributed by atoms with van der Waals surface area (Å²) in [7, 11) is -3.73. The molecule has 1 aromatic heterocycles. The van der Waals surface area contributed by atoms with Crippen molar-refractivity contribution in [3.05, 3.63) is 90.6 Å². The molecule has 9 heteroatoms. The number of aromatic nitrogens is 1. The van der Waals surface area contributed by atoms with Gasteiger partial charge in [0.05, 0.1) is 16.3 Å². The molecule has 0 radical (unpaired) electrons. The van der Waals surface area contributed by atoms with E-state index in [9.17, 15) is 13.2 Å². The van der Waals surface area contributed by atoms with Gasteiger partial charge in [-0.2, -0.15) is 4.31 Å². The molecule has 2 aliphatic rings. The van der Waals surface area contributed by atoms with E-state index < -0.39 is 10.0 Å². The Morgan fingerprint density at radius 2 is 1.54 bits per heavy atom. The Morgan fingerprint density at radius 3 is 2.29 bits per heavy atom. The second-order valence-corrected chi connectivity index (χ2v) is 12.6. The molecule has 1 amide bonds. The van der Waals surface area contributed by atoms with Crippen molar-refractivity contribution in [1.82, 2.24) is 14.2 Å². The number of benzene rings is 3. The highest BCUT2D eigenvalue weighted by atomic mass is 32.2. The lowest BCUT2D eigenvalue weighted by Gasteiger charge is -2.39. The fourth-order valence-corrected chi connectivity index (χ4v) is 7.31. The molecule has 41 heavy (non-hydrogen) atoms. The third-order valence-corrected chi connectivity index (χ3v) is 9.81. The van der Waals surface area contributed by atoms with Crippen molar-refractivity contribution in [1.29, 1.82) is 0 Å². The molecule has 8 nitrogen and oxygen atoms in total. The predicted molar refractivity (Wildman–Crippen MR) is 160 cm³/mol. The van der Waals surface area contributed by atoms with E-state index in [1.807, 2.05) is 60.4 Å². The minimum Gasteiger partial charge on any atom is -0.457 e. The van der Waals surface area contributed by atoms with Gasteiger partial charge in [-0.25, -0.2) is 8.42 Å². The number of nitrogens with zero attached hydrogens (tertiary/aromatic N) is 4. The maximum atomic E-state index is 13.5. The molecule has 3 aromatic carbocycles. The molecule has 2 fully saturated rings. The van der Waals surface area contributed by atoms with Crippen LogP contribution >= 0.6 is 0 Å². The van der Waals surface area contributed by atoms with Crippen LogP contribution in [0.3, 0.4) is 0 Å². The second kappa shape index (κ2) is 11.5. The number of aryl methyl sites for hydroxylation is 1. The van der Waals surface area contributed by atoms with Gasteiger partial charge >= 0.3 is 0 Å². The third kappa shape index (κ3) is 5.78. The van der Waals surface area contributed by atoms with Crippen LogP contribution < -0.4 is 9.64 Å². The lowest BCUT2D eigenvalue weighted by atomic mass is 9.97. The summed E-state index contributed by atoms with van der Waals surface area (Å²) in [6, 6.07) is 26.1. The SMILES string of the molecule is Cc1cc(N2CCN(C(=O)C3CCCN(S(=O)(=O)c4ccc(Oc5ccccc5)cc4)C3)CC2)c2ccccc2n1. The topological polar surface area (TPSA) is 83.0 Å². The second-order valence-electron chi connectivity index (χ2n) is 10.7. The van der Waals surface area contributed by atoms with Gasteiger partial charge in [-0.1, -0.05) is 36.4 Å². The van der Waals surface area contributed by atoms with E-state index in [2.05, 4.69) is 22.0 Å². The lowest BCUT2D eigenvalue weighted by Crippen LogP contribution is -2.53. The number of rotatable bonds is 6. The van der Waals surface area contributed by atoms with Crippen molar-refractivity contribution in [3.63, 3.8) is 0 Å². The maximum Gasteiger partial charge on any atom is 0.243 e. The van der Waals surface area contributed by atoms with Crippen LogP contribution in [0, 0.1) is 12.8 Å². The average molecular weight is 571 g/mol. The van der Waals surface area contributed by atoms with Crippen LogP contribution in [0.2, 0.25) is 0 Å². The molecule has 0 saturated carbocycles. The van der Waals surface area contributed by atoms with Crippen molar-refractivity contribution in [2.45, 2.75) is 24.7 Å². The van der Waals surface area contributed by atoms with E-state index in [4.69, 9.17) is 4.74 Å². The number of para-hydroxylation sites is 2. The number of ether oxygens (including phenoxy) is 1. The predicted octanol–water partition coefficient (Wildman–Crippen LogP) is 5.09. The summed E-state index contributed by atoms with van der Waals surface area (Å²) >= 11 is 0. The molecule has 2 saturated heterocycles. The minimum atomic E-state index is -3.73. The van der Waals surface area contributed by atoms with E-state index >= 15 is 0 Å².